The van der Waals surface area contributed by atoms with E-state index in [1.165, 1.54) is 29.1 Å². The zero-order valence-electron chi connectivity index (χ0n) is 23.4. The van der Waals surface area contributed by atoms with E-state index in [4.69, 9.17) is 0 Å². The van der Waals surface area contributed by atoms with E-state index in [1.54, 1.807) is 17.0 Å². The van der Waals surface area contributed by atoms with E-state index in [0.29, 0.717) is 5.52 Å². The quantitative estimate of drug-likeness (QED) is 0.199. The van der Waals surface area contributed by atoms with Crippen molar-refractivity contribution in [3.63, 3.8) is 0 Å². The van der Waals surface area contributed by atoms with E-state index < -0.39 is 29.8 Å². The van der Waals surface area contributed by atoms with E-state index in [9.17, 15) is 30.7 Å². The van der Waals surface area contributed by atoms with Gasteiger partial charge in [0.2, 0.25) is 11.6 Å². The predicted octanol–water partition coefficient (Wildman–Crippen LogP) is 6.69. The molecule has 0 radical (unpaired) electrons. The average Bonchev–Trinajstić information content (AvgIpc) is 3.87. The Hall–Kier alpha value is -4.57. The topological polar surface area (TPSA) is 111 Å². The standard InChI is InChI=1S/C15H11F4N5.C13H14F3N5/c16-9-3-1-2-4-10(9)24-7-20-11-12(21-8-5-6-8)22-14(15(17,18)19)23-13(11)24;14-13(15,16)12-19-10(18-7-4-5-7)9-11(20-12)21(6-17-9)8-2-1-3-8/h1-4,7-8H,5-6H2,(H,21,22,23);6-8H,1-5H2,(H,18,19,20). The molecule has 0 atom stereocenters. The van der Waals surface area contributed by atoms with E-state index in [1.807, 2.05) is 0 Å². The first-order chi connectivity index (χ1) is 21.5. The minimum atomic E-state index is -4.71. The first kappa shape index (κ1) is 29.2. The number of hydrogen-bond acceptors (Lipinski definition) is 8. The zero-order chi connectivity index (χ0) is 31.5. The highest BCUT2D eigenvalue weighted by molar-refractivity contribution is 5.85. The lowest BCUT2D eigenvalue weighted by molar-refractivity contribution is -0.145. The molecule has 10 nitrogen and oxygen atoms in total. The van der Waals surface area contributed by atoms with Gasteiger partial charge in [-0.15, -0.1) is 0 Å². The molecule has 5 aromatic rings. The maximum atomic E-state index is 14.0. The molecule has 45 heavy (non-hydrogen) atoms. The number of nitrogens with zero attached hydrogens (tertiary/aromatic N) is 8. The predicted molar refractivity (Wildman–Crippen MR) is 148 cm³/mol. The number of benzene rings is 1. The van der Waals surface area contributed by atoms with Gasteiger partial charge in [-0.1, -0.05) is 12.1 Å². The number of alkyl halides is 6. The molecule has 4 heterocycles. The molecule has 0 spiro atoms. The largest absolute Gasteiger partial charge is 0.451 e. The minimum Gasteiger partial charge on any atom is -0.365 e. The van der Waals surface area contributed by atoms with Crippen LogP contribution in [0.4, 0.5) is 42.4 Å². The van der Waals surface area contributed by atoms with Crippen LogP contribution in [0.3, 0.4) is 0 Å². The van der Waals surface area contributed by atoms with Gasteiger partial charge in [0.25, 0.3) is 0 Å². The minimum absolute atomic E-state index is 0.0184. The Bertz CT molecular complexity index is 1870. The van der Waals surface area contributed by atoms with Crippen molar-refractivity contribution in [3.05, 3.63) is 54.4 Å². The molecule has 8 rings (SSSR count). The first-order valence-electron chi connectivity index (χ1n) is 14.4. The summed E-state index contributed by atoms with van der Waals surface area (Å²) in [7, 11) is 0. The van der Waals surface area contributed by atoms with Gasteiger partial charge in [0.1, 0.15) is 17.7 Å². The molecule has 0 bridgehead atoms. The molecule has 0 saturated heterocycles. The summed E-state index contributed by atoms with van der Waals surface area (Å²) in [4.78, 5) is 22.8. The van der Waals surface area contributed by atoms with Gasteiger partial charge in [0.05, 0.1) is 12.0 Å². The number of anilines is 2. The van der Waals surface area contributed by atoms with Crippen molar-refractivity contribution in [3.8, 4) is 5.69 Å². The molecule has 0 unspecified atom stereocenters. The van der Waals surface area contributed by atoms with Gasteiger partial charge in [0.15, 0.2) is 28.4 Å². The molecule has 0 amide bonds. The maximum absolute atomic E-state index is 14.0. The highest BCUT2D eigenvalue weighted by Gasteiger charge is 2.38. The fourth-order valence-electron chi connectivity index (χ4n) is 4.87. The molecule has 1 aromatic carbocycles. The molecule has 3 saturated carbocycles. The van der Waals surface area contributed by atoms with Gasteiger partial charge in [-0.2, -0.15) is 26.3 Å². The number of halogens is 7. The Balaban J connectivity index is 0.000000146. The van der Waals surface area contributed by atoms with Crippen LogP contribution in [-0.2, 0) is 12.4 Å². The van der Waals surface area contributed by atoms with E-state index in [-0.39, 0.29) is 52.3 Å². The summed E-state index contributed by atoms with van der Waals surface area (Å²) in [6, 6.07) is 6.24. The molecule has 3 fully saturated rings. The van der Waals surface area contributed by atoms with Gasteiger partial charge in [-0.05, 0) is 57.1 Å². The second-order valence-electron chi connectivity index (χ2n) is 11.3. The molecule has 3 aliphatic carbocycles. The molecule has 0 aliphatic heterocycles. The van der Waals surface area contributed by atoms with Gasteiger partial charge < -0.3 is 15.2 Å². The summed E-state index contributed by atoms with van der Waals surface area (Å²) in [6.45, 7) is 0. The zero-order valence-corrected chi connectivity index (χ0v) is 23.4. The fourth-order valence-corrected chi connectivity index (χ4v) is 4.87. The average molecular weight is 635 g/mol. The summed E-state index contributed by atoms with van der Waals surface area (Å²) < 4.78 is 95.3. The monoisotopic (exact) mass is 634 g/mol. The Labute approximate surface area is 250 Å². The van der Waals surface area contributed by atoms with E-state index in [0.717, 1.165) is 44.9 Å². The summed E-state index contributed by atoms with van der Waals surface area (Å²) in [5.74, 6) is -2.74. The van der Waals surface area contributed by atoms with Crippen LogP contribution in [0.2, 0.25) is 0 Å². The Kier molecular flexibility index (Phi) is 7.00. The second-order valence-corrected chi connectivity index (χ2v) is 11.3. The summed E-state index contributed by atoms with van der Waals surface area (Å²) >= 11 is 0. The smallest absolute Gasteiger partial charge is 0.365 e. The summed E-state index contributed by atoms with van der Waals surface area (Å²) in [6.07, 6.45) is 0.214. The van der Waals surface area contributed by atoms with Crippen molar-refractivity contribution in [2.75, 3.05) is 10.6 Å². The third-order valence-electron chi connectivity index (χ3n) is 7.74. The van der Waals surface area contributed by atoms with Gasteiger partial charge in [-0.3, -0.25) is 4.57 Å². The van der Waals surface area contributed by atoms with Crippen LogP contribution in [0.5, 0.6) is 0 Å². The molecule has 236 valence electrons. The van der Waals surface area contributed by atoms with Crippen LogP contribution >= 0.6 is 0 Å². The molecule has 2 N–H and O–H groups in total. The first-order valence-corrected chi connectivity index (χ1v) is 14.4. The summed E-state index contributed by atoms with van der Waals surface area (Å²) in [5, 5.41) is 5.96. The number of nitrogens with one attached hydrogen (secondary N) is 2. The van der Waals surface area contributed by atoms with E-state index in [2.05, 4.69) is 40.5 Å². The third-order valence-corrected chi connectivity index (χ3v) is 7.74. The van der Waals surface area contributed by atoms with Crippen LogP contribution in [0.15, 0.2) is 36.9 Å². The maximum Gasteiger partial charge on any atom is 0.451 e. The van der Waals surface area contributed by atoms with Crippen molar-refractivity contribution < 1.29 is 30.7 Å². The molecular formula is C28H25F7N10. The summed E-state index contributed by atoms with van der Waals surface area (Å²) in [5.41, 5.74) is 0.875. The molecule has 4 aromatic heterocycles. The van der Waals surface area contributed by atoms with Gasteiger partial charge in [0, 0.05) is 18.1 Å². The third kappa shape index (κ3) is 5.94. The number of rotatable bonds is 6. The van der Waals surface area contributed by atoms with Crippen LogP contribution in [0, 0.1) is 5.82 Å². The second kappa shape index (κ2) is 10.8. The number of para-hydroxylation sites is 1. The number of hydrogen-bond donors (Lipinski definition) is 2. The molecule has 3 aliphatic rings. The van der Waals surface area contributed by atoms with Gasteiger partial charge in [-0.25, -0.2) is 34.3 Å². The fraction of sp³-hybridized carbons (Fsp3) is 0.429. The van der Waals surface area contributed by atoms with Crippen molar-refractivity contribution >= 4 is 34.0 Å². The van der Waals surface area contributed by atoms with Crippen molar-refractivity contribution in [1.29, 1.82) is 0 Å². The highest BCUT2D eigenvalue weighted by Crippen LogP contribution is 2.37. The van der Waals surface area contributed by atoms with Gasteiger partial charge >= 0.3 is 12.4 Å². The van der Waals surface area contributed by atoms with Crippen molar-refractivity contribution in [2.45, 2.75) is 75.4 Å². The van der Waals surface area contributed by atoms with E-state index >= 15 is 0 Å². The Morgan fingerprint density at radius 1 is 0.667 bits per heavy atom. The van der Waals surface area contributed by atoms with Crippen molar-refractivity contribution in [1.82, 2.24) is 39.0 Å². The number of aromatic nitrogens is 8. The van der Waals surface area contributed by atoms with Crippen molar-refractivity contribution in [2.24, 2.45) is 0 Å². The normalized spacial score (nSPS) is 17.2. The number of fused-ring (bicyclic) bond motifs is 2. The van der Waals surface area contributed by atoms with Crippen LogP contribution < -0.4 is 10.6 Å². The van der Waals surface area contributed by atoms with Crippen LogP contribution in [0.1, 0.15) is 62.6 Å². The number of imidazole rings is 2. The lowest BCUT2D eigenvalue weighted by Crippen LogP contribution is -2.19. The Morgan fingerprint density at radius 2 is 1.20 bits per heavy atom. The SMILES string of the molecule is FC(F)(F)c1nc(NC2CC2)c2ncn(C3CCC3)c2n1.Fc1ccccc1-n1cnc2c(NC3CC3)nc(C(F)(F)F)nc21. The molecular weight excluding hydrogens is 609 g/mol. The lowest BCUT2D eigenvalue weighted by Gasteiger charge is -2.26. The van der Waals surface area contributed by atoms with Crippen LogP contribution in [-0.4, -0.2) is 51.1 Å². The lowest BCUT2D eigenvalue weighted by atomic mass is 9.93. The van der Waals surface area contributed by atoms with Crippen LogP contribution in [0.25, 0.3) is 28.0 Å². The highest BCUT2D eigenvalue weighted by atomic mass is 19.4. The Morgan fingerprint density at radius 3 is 1.71 bits per heavy atom. The molecule has 17 heteroatoms.